The topological polar surface area (TPSA) is 99.9 Å². The lowest BCUT2D eigenvalue weighted by Crippen LogP contribution is -2.52. The van der Waals surface area contributed by atoms with Gasteiger partial charge in [-0.2, -0.15) is 0 Å². The third kappa shape index (κ3) is 3.68. The van der Waals surface area contributed by atoms with Crippen molar-refractivity contribution in [2.75, 3.05) is 24.5 Å². The molecule has 146 valence electrons. The summed E-state index contributed by atoms with van der Waals surface area (Å²) < 4.78 is 0. The molecule has 1 fully saturated rings. The van der Waals surface area contributed by atoms with E-state index in [1.54, 1.807) is 18.5 Å². The number of rotatable bonds is 4. The van der Waals surface area contributed by atoms with Crippen molar-refractivity contribution in [2.24, 2.45) is 5.73 Å². The van der Waals surface area contributed by atoms with Crippen LogP contribution in [0.5, 0.6) is 0 Å². The van der Waals surface area contributed by atoms with Gasteiger partial charge in [0, 0.05) is 42.9 Å². The second-order valence-corrected chi connectivity index (χ2v) is 7.96. The predicted octanol–water partition coefficient (Wildman–Crippen LogP) is 2.30. The fourth-order valence-electron chi connectivity index (χ4n) is 3.72. The normalized spacial score (nSPS) is 22.2. The molecule has 28 heavy (non-hydrogen) atoms. The van der Waals surface area contributed by atoms with Crippen molar-refractivity contribution in [1.82, 2.24) is 20.3 Å². The van der Waals surface area contributed by atoms with Crippen molar-refractivity contribution >= 4 is 34.4 Å². The van der Waals surface area contributed by atoms with Gasteiger partial charge in [0.05, 0.1) is 10.9 Å². The lowest BCUT2D eigenvalue weighted by atomic mass is 10.00. The Morgan fingerprint density at radius 1 is 1.39 bits per heavy atom. The standard InChI is InChI=1S/C20H23ClN6O/c1-13-9-23-17-16(13)18(26-12-25-17)27-7-6-20(22,11-27)10-24-19(28)14-4-2-3-5-15(21)8-14/h2-5,9,12H,6-8,10-11,22H2,1H3,(H,24,28)(H,23,25,26). The second-order valence-electron chi connectivity index (χ2n) is 7.48. The number of halogens is 1. The number of allylic oxidation sites excluding steroid dienone is 5. The summed E-state index contributed by atoms with van der Waals surface area (Å²) in [6, 6.07) is 0. The zero-order valence-electron chi connectivity index (χ0n) is 15.7. The highest BCUT2D eigenvalue weighted by Gasteiger charge is 2.36. The molecular formula is C20H23ClN6O. The van der Waals surface area contributed by atoms with Gasteiger partial charge in [0.15, 0.2) is 0 Å². The highest BCUT2D eigenvalue weighted by molar-refractivity contribution is 6.30. The smallest absolute Gasteiger partial charge is 0.247 e. The van der Waals surface area contributed by atoms with Gasteiger partial charge in [0.2, 0.25) is 5.91 Å². The van der Waals surface area contributed by atoms with Gasteiger partial charge in [0.25, 0.3) is 0 Å². The molecule has 4 N–H and O–H groups in total. The van der Waals surface area contributed by atoms with Crippen LogP contribution < -0.4 is 16.0 Å². The summed E-state index contributed by atoms with van der Waals surface area (Å²) in [5.74, 6) is 0.753. The number of anilines is 1. The number of aryl methyl sites for hydroxylation is 1. The van der Waals surface area contributed by atoms with Crippen LogP contribution in [0.25, 0.3) is 11.0 Å². The Morgan fingerprint density at radius 2 is 2.21 bits per heavy atom. The summed E-state index contributed by atoms with van der Waals surface area (Å²) in [4.78, 5) is 26.6. The number of H-pyrrole nitrogens is 1. The molecule has 8 heteroatoms. The van der Waals surface area contributed by atoms with Crippen molar-refractivity contribution in [3.8, 4) is 0 Å². The van der Waals surface area contributed by atoms with Crippen LogP contribution in [0.15, 0.2) is 47.4 Å². The first-order valence-corrected chi connectivity index (χ1v) is 9.66. The van der Waals surface area contributed by atoms with E-state index in [2.05, 4.69) is 25.2 Å². The molecule has 1 atom stereocenters. The number of fused-ring (bicyclic) bond motifs is 1. The Kier molecular flexibility index (Phi) is 4.95. The minimum atomic E-state index is -0.516. The van der Waals surface area contributed by atoms with Crippen LogP contribution in [0.1, 0.15) is 18.4 Å². The molecule has 0 spiro atoms. The maximum atomic E-state index is 12.5. The molecule has 0 radical (unpaired) electrons. The maximum absolute atomic E-state index is 12.5. The van der Waals surface area contributed by atoms with E-state index in [4.69, 9.17) is 17.3 Å². The quantitative estimate of drug-likeness (QED) is 0.733. The van der Waals surface area contributed by atoms with Gasteiger partial charge < -0.3 is 20.9 Å². The Morgan fingerprint density at radius 3 is 3.07 bits per heavy atom. The number of aromatic amines is 1. The van der Waals surface area contributed by atoms with Crippen LogP contribution in [0.2, 0.25) is 0 Å². The molecule has 1 amide bonds. The zero-order chi connectivity index (χ0) is 19.7. The molecule has 0 saturated carbocycles. The second kappa shape index (κ2) is 7.41. The third-order valence-corrected chi connectivity index (χ3v) is 5.53. The molecule has 2 aromatic heterocycles. The summed E-state index contributed by atoms with van der Waals surface area (Å²) in [6.45, 7) is 3.82. The lowest BCUT2D eigenvalue weighted by Gasteiger charge is -2.26. The molecular weight excluding hydrogens is 376 g/mol. The number of nitrogens with zero attached hydrogens (tertiary/aromatic N) is 3. The predicted molar refractivity (Wildman–Crippen MR) is 111 cm³/mol. The first-order chi connectivity index (χ1) is 13.5. The minimum absolute atomic E-state index is 0.132. The minimum Gasteiger partial charge on any atom is -0.354 e. The zero-order valence-corrected chi connectivity index (χ0v) is 16.5. The number of carbonyl (C=O) groups is 1. The van der Waals surface area contributed by atoms with E-state index in [-0.39, 0.29) is 5.91 Å². The molecule has 1 aliphatic heterocycles. The van der Waals surface area contributed by atoms with Gasteiger partial charge in [-0.15, -0.1) is 0 Å². The van der Waals surface area contributed by atoms with Crippen molar-refractivity contribution < 1.29 is 4.79 Å². The van der Waals surface area contributed by atoms with Crippen molar-refractivity contribution in [2.45, 2.75) is 25.3 Å². The van der Waals surface area contributed by atoms with Crippen LogP contribution in [0, 0.1) is 6.92 Å². The van der Waals surface area contributed by atoms with Crippen LogP contribution in [-0.4, -0.2) is 46.0 Å². The van der Waals surface area contributed by atoms with Crippen LogP contribution in [-0.2, 0) is 4.79 Å². The first kappa shape index (κ1) is 18.7. The summed E-state index contributed by atoms with van der Waals surface area (Å²) in [5.41, 5.74) is 8.65. The summed E-state index contributed by atoms with van der Waals surface area (Å²) >= 11 is 6.10. The van der Waals surface area contributed by atoms with Gasteiger partial charge in [-0.3, -0.25) is 4.79 Å². The van der Waals surface area contributed by atoms with E-state index in [0.717, 1.165) is 35.4 Å². The van der Waals surface area contributed by atoms with E-state index >= 15 is 0 Å². The summed E-state index contributed by atoms with van der Waals surface area (Å²) in [6.07, 6.45) is 11.9. The van der Waals surface area contributed by atoms with E-state index in [9.17, 15) is 4.79 Å². The van der Waals surface area contributed by atoms with E-state index in [0.29, 0.717) is 30.1 Å². The maximum Gasteiger partial charge on any atom is 0.247 e. The summed E-state index contributed by atoms with van der Waals surface area (Å²) in [7, 11) is 0. The molecule has 1 unspecified atom stereocenters. The fourth-order valence-corrected chi connectivity index (χ4v) is 3.93. The van der Waals surface area contributed by atoms with Crippen molar-refractivity contribution in [3.05, 3.63) is 53.0 Å². The Labute approximate surface area is 168 Å². The van der Waals surface area contributed by atoms with Gasteiger partial charge in [-0.1, -0.05) is 29.8 Å². The largest absolute Gasteiger partial charge is 0.354 e. The highest BCUT2D eigenvalue weighted by Crippen LogP contribution is 2.30. The van der Waals surface area contributed by atoms with Crippen LogP contribution in [0.4, 0.5) is 5.82 Å². The van der Waals surface area contributed by atoms with Crippen molar-refractivity contribution in [3.63, 3.8) is 0 Å². The number of hydrogen-bond acceptors (Lipinski definition) is 5. The van der Waals surface area contributed by atoms with Gasteiger partial charge in [-0.25, -0.2) is 9.97 Å². The van der Waals surface area contributed by atoms with Crippen molar-refractivity contribution in [1.29, 1.82) is 0 Å². The molecule has 1 saturated heterocycles. The van der Waals surface area contributed by atoms with E-state index in [1.165, 1.54) is 0 Å². The van der Waals surface area contributed by atoms with Crippen LogP contribution >= 0.6 is 11.6 Å². The number of carbonyl (C=O) groups excluding carboxylic acids is 1. The number of nitrogens with two attached hydrogens (primary N) is 1. The molecule has 2 aromatic rings. The monoisotopic (exact) mass is 398 g/mol. The third-order valence-electron chi connectivity index (χ3n) is 5.27. The average Bonchev–Trinajstić information content (AvgIpc) is 3.18. The summed E-state index contributed by atoms with van der Waals surface area (Å²) in [5, 5.41) is 4.64. The highest BCUT2D eigenvalue weighted by atomic mass is 35.5. The van der Waals surface area contributed by atoms with E-state index in [1.807, 2.05) is 25.3 Å². The lowest BCUT2D eigenvalue weighted by molar-refractivity contribution is -0.117. The van der Waals surface area contributed by atoms with Gasteiger partial charge >= 0.3 is 0 Å². The first-order valence-electron chi connectivity index (χ1n) is 9.28. The molecule has 1 aliphatic carbocycles. The van der Waals surface area contributed by atoms with E-state index < -0.39 is 5.54 Å². The molecule has 7 nitrogen and oxygen atoms in total. The number of aromatic nitrogens is 3. The molecule has 0 bridgehead atoms. The number of hydrogen-bond donors (Lipinski definition) is 3. The molecule has 3 heterocycles. The Hall–Kier alpha value is -2.64. The average molecular weight is 399 g/mol. The molecule has 4 rings (SSSR count). The molecule has 2 aliphatic rings. The molecule has 0 aromatic carbocycles. The fraction of sp³-hybridized carbons (Fsp3) is 0.350. The number of amides is 1. The Bertz CT molecular complexity index is 1010. The van der Waals surface area contributed by atoms with Gasteiger partial charge in [-0.05, 0) is 25.0 Å². The Balaban J connectivity index is 1.43. The SMILES string of the molecule is Cc1c[nH]c2ncnc(N3CCC(N)(CNC(=O)C4=CC=CC=C(Cl)C4)C3)c12. The number of nitrogens with one attached hydrogen (secondary N) is 2. The van der Waals surface area contributed by atoms with Crippen LogP contribution in [0.3, 0.4) is 0 Å². The van der Waals surface area contributed by atoms with Gasteiger partial charge in [0.1, 0.15) is 17.8 Å².